The van der Waals surface area contributed by atoms with Crippen molar-refractivity contribution in [3.05, 3.63) is 0 Å². The van der Waals surface area contributed by atoms with E-state index in [2.05, 4.69) is 11.2 Å². The van der Waals surface area contributed by atoms with E-state index in [4.69, 9.17) is 6.42 Å². The smallest absolute Gasteiger partial charge is 0.283 e. The van der Waals surface area contributed by atoms with E-state index in [9.17, 15) is 8.42 Å². The summed E-state index contributed by atoms with van der Waals surface area (Å²) in [4.78, 5) is 0. The molecule has 1 N–H and O–H groups in total. The molecule has 0 spiro atoms. The van der Waals surface area contributed by atoms with Crippen LogP contribution in [0.3, 0.4) is 0 Å². The van der Waals surface area contributed by atoms with Crippen LogP contribution in [0.25, 0.3) is 0 Å². The van der Waals surface area contributed by atoms with Gasteiger partial charge in [-0.05, 0) is 13.0 Å². The number of nitrogens with one attached hydrogen (secondary N) is 1. The van der Waals surface area contributed by atoms with Gasteiger partial charge in [-0.3, -0.25) is 0 Å². The minimum Gasteiger partial charge on any atom is -0.315 e. The summed E-state index contributed by atoms with van der Waals surface area (Å²) in [7, 11) is -3.29. The van der Waals surface area contributed by atoms with Crippen LogP contribution in [0.2, 0.25) is 0 Å². The quantitative estimate of drug-likeness (QED) is 0.608. The van der Waals surface area contributed by atoms with E-state index in [1.807, 2.05) is 0 Å². The van der Waals surface area contributed by atoms with Crippen molar-refractivity contribution >= 4 is 10.2 Å². The van der Waals surface area contributed by atoms with E-state index < -0.39 is 10.2 Å². The van der Waals surface area contributed by atoms with Gasteiger partial charge in [0.25, 0.3) is 10.2 Å². The molecule has 0 bridgehead atoms. The second kappa shape index (κ2) is 4.10. The first-order valence-corrected chi connectivity index (χ1v) is 6.47. The van der Waals surface area contributed by atoms with Gasteiger partial charge in [-0.15, -0.1) is 6.42 Å². The summed E-state index contributed by atoms with van der Waals surface area (Å²) in [5.41, 5.74) is 0. The molecule has 0 aromatic heterocycles. The maximum Gasteiger partial charge on any atom is 0.283 e. The molecule has 2 saturated heterocycles. The second-order valence-electron chi connectivity index (χ2n) is 3.80. The summed E-state index contributed by atoms with van der Waals surface area (Å²) < 4.78 is 26.9. The van der Waals surface area contributed by atoms with E-state index in [-0.39, 0.29) is 12.6 Å². The van der Waals surface area contributed by atoms with Crippen molar-refractivity contribution in [1.29, 1.82) is 0 Å². The molecular weight excluding hydrogens is 214 g/mol. The highest BCUT2D eigenvalue weighted by Crippen LogP contribution is 2.21. The van der Waals surface area contributed by atoms with Crippen molar-refractivity contribution in [2.75, 3.05) is 32.7 Å². The molecule has 2 fully saturated rings. The molecule has 0 unspecified atom stereocenters. The maximum absolute atomic E-state index is 12.0. The fourth-order valence-electron chi connectivity index (χ4n) is 2.11. The Morgan fingerprint density at radius 1 is 1.47 bits per heavy atom. The lowest BCUT2D eigenvalue weighted by Crippen LogP contribution is -2.41. The van der Waals surface area contributed by atoms with Gasteiger partial charge in [0.1, 0.15) is 0 Å². The molecule has 0 aromatic rings. The molecule has 6 heteroatoms. The summed E-state index contributed by atoms with van der Waals surface area (Å²) in [6.45, 7) is 2.91. The van der Waals surface area contributed by atoms with Crippen LogP contribution in [0.5, 0.6) is 0 Å². The van der Waals surface area contributed by atoms with Gasteiger partial charge >= 0.3 is 0 Å². The van der Waals surface area contributed by atoms with Crippen molar-refractivity contribution < 1.29 is 8.42 Å². The lowest BCUT2D eigenvalue weighted by molar-refractivity contribution is 0.365. The maximum atomic E-state index is 12.0. The van der Waals surface area contributed by atoms with Gasteiger partial charge in [-0.1, -0.05) is 5.92 Å². The van der Waals surface area contributed by atoms with Gasteiger partial charge in [-0.2, -0.15) is 17.0 Å². The molecule has 84 valence electrons. The second-order valence-corrected chi connectivity index (χ2v) is 5.68. The first-order valence-electron chi connectivity index (χ1n) is 5.07. The molecule has 2 rings (SSSR count). The average Bonchev–Trinajstić information content (AvgIpc) is 2.76. The van der Waals surface area contributed by atoms with Crippen LogP contribution in [0.1, 0.15) is 6.42 Å². The molecule has 5 nitrogen and oxygen atoms in total. The van der Waals surface area contributed by atoms with Crippen molar-refractivity contribution in [2.24, 2.45) is 0 Å². The summed E-state index contributed by atoms with van der Waals surface area (Å²) >= 11 is 0. The molecule has 2 heterocycles. The zero-order valence-electron chi connectivity index (χ0n) is 8.52. The first-order chi connectivity index (χ1) is 7.16. The number of nitrogens with zero attached hydrogens (tertiary/aromatic N) is 2. The van der Waals surface area contributed by atoms with Gasteiger partial charge in [0.15, 0.2) is 0 Å². The zero-order valence-corrected chi connectivity index (χ0v) is 9.33. The van der Waals surface area contributed by atoms with Crippen molar-refractivity contribution in [1.82, 2.24) is 13.9 Å². The molecule has 0 amide bonds. The minimum absolute atomic E-state index is 0.109. The van der Waals surface area contributed by atoms with Gasteiger partial charge in [0.2, 0.25) is 0 Å². The van der Waals surface area contributed by atoms with Gasteiger partial charge in [0.05, 0.1) is 6.54 Å². The van der Waals surface area contributed by atoms with E-state index in [0.717, 1.165) is 19.5 Å². The van der Waals surface area contributed by atoms with Crippen LogP contribution >= 0.6 is 0 Å². The van der Waals surface area contributed by atoms with Crippen LogP contribution in [-0.4, -0.2) is 55.8 Å². The monoisotopic (exact) mass is 229 g/mol. The van der Waals surface area contributed by atoms with E-state index in [1.165, 1.54) is 4.31 Å². The Morgan fingerprint density at radius 3 is 2.87 bits per heavy atom. The molecular formula is C9H15N3O2S. The molecule has 0 radical (unpaired) electrons. The molecule has 1 atom stereocenters. The highest BCUT2D eigenvalue weighted by Gasteiger charge is 2.40. The Bertz CT molecular complexity index is 367. The highest BCUT2D eigenvalue weighted by molar-refractivity contribution is 7.87. The number of hydrogen-bond donors (Lipinski definition) is 1. The molecule has 2 aliphatic heterocycles. The summed E-state index contributed by atoms with van der Waals surface area (Å²) in [6, 6.07) is 0.109. The Balaban J connectivity index is 2.13. The van der Waals surface area contributed by atoms with Crippen LogP contribution in [-0.2, 0) is 10.2 Å². The fraction of sp³-hybridized carbons (Fsp3) is 0.778. The topological polar surface area (TPSA) is 52.6 Å². The SMILES string of the molecule is C#CCN1CCN([C@H]2CCNC2)S1(=O)=O. The fourth-order valence-corrected chi connectivity index (χ4v) is 3.82. The van der Waals surface area contributed by atoms with Crippen LogP contribution < -0.4 is 5.32 Å². The van der Waals surface area contributed by atoms with Crippen LogP contribution in [0.15, 0.2) is 0 Å². The van der Waals surface area contributed by atoms with Crippen molar-refractivity contribution in [3.63, 3.8) is 0 Å². The van der Waals surface area contributed by atoms with Gasteiger partial charge in [0, 0.05) is 25.7 Å². The predicted octanol–water partition coefficient (Wildman–Crippen LogP) is -1.16. The third kappa shape index (κ3) is 1.88. The summed E-state index contributed by atoms with van der Waals surface area (Å²) in [5, 5.41) is 3.17. The van der Waals surface area contributed by atoms with Crippen molar-refractivity contribution in [2.45, 2.75) is 12.5 Å². The molecule has 2 aliphatic rings. The Labute approximate surface area is 90.6 Å². The molecule has 0 aromatic carbocycles. The van der Waals surface area contributed by atoms with Crippen LogP contribution in [0.4, 0.5) is 0 Å². The normalized spacial score (nSPS) is 31.8. The number of hydrogen-bond acceptors (Lipinski definition) is 3. The van der Waals surface area contributed by atoms with Gasteiger partial charge < -0.3 is 5.32 Å². The largest absolute Gasteiger partial charge is 0.315 e. The third-order valence-electron chi connectivity index (χ3n) is 2.90. The lowest BCUT2D eigenvalue weighted by atomic mass is 10.2. The first kappa shape index (κ1) is 10.9. The average molecular weight is 229 g/mol. The zero-order chi connectivity index (χ0) is 10.9. The predicted molar refractivity (Wildman–Crippen MR) is 57.3 cm³/mol. The van der Waals surface area contributed by atoms with Crippen LogP contribution in [0, 0.1) is 12.3 Å². The summed E-state index contributed by atoms with van der Waals surface area (Å²) in [6.07, 6.45) is 6.03. The van der Waals surface area contributed by atoms with E-state index in [0.29, 0.717) is 13.1 Å². The minimum atomic E-state index is -3.29. The highest BCUT2D eigenvalue weighted by atomic mass is 32.2. The Morgan fingerprint density at radius 2 is 2.27 bits per heavy atom. The Kier molecular flexibility index (Phi) is 2.98. The van der Waals surface area contributed by atoms with Gasteiger partial charge in [-0.25, -0.2) is 0 Å². The summed E-state index contributed by atoms with van der Waals surface area (Å²) in [5.74, 6) is 2.38. The third-order valence-corrected chi connectivity index (χ3v) is 4.94. The number of rotatable bonds is 2. The van der Waals surface area contributed by atoms with E-state index in [1.54, 1.807) is 4.31 Å². The molecule has 0 aliphatic carbocycles. The standard InChI is InChI=1S/C9H15N3O2S/c1-2-5-11-6-7-12(15(11,13)14)9-3-4-10-8-9/h1,9-10H,3-8H2/t9-/m0/s1. The number of terminal acetylenes is 1. The van der Waals surface area contributed by atoms with E-state index >= 15 is 0 Å². The molecule has 0 saturated carbocycles. The Hall–Kier alpha value is -0.610. The van der Waals surface area contributed by atoms with Crippen molar-refractivity contribution in [3.8, 4) is 12.3 Å². The molecule has 15 heavy (non-hydrogen) atoms. The lowest BCUT2D eigenvalue weighted by Gasteiger charge is -2.22.